The molecule has 2 rings (SSSR count). The van der Waals surface area contributed by atoms with Crippen LogP contribution in [0.1, 0.15) is 41.5 Å². The minimum Gasteiger partial charge on any atom is -0.369 e. The minimum absolute atomic E-state index is 0.0661. The smallest absolute Gasteiger partial charge is 0.227 e. The van der Waals surface area contributed by atoms with Crippen LogP contribution in [0.25, 0.3) is 0 Å². The molecular weight excluding hydrogens is 288 g/mol. The van der Waals surface area contributed by atoms with E-state index in [1.807, 2.05) is 0 Å². The molecule has 1 fully saturated rings. The highest BCUT2D eigenvalue weighted by Gasteiger charge is 2.18. The number of hydrogen-bond donors (Lipinski definition) is 3. The third kappa shape index (κ3) is 6.22. The van der Waals surface area contributed by atoms with Crippen LogP contribution in [0, 0.1) is 5.41 Å². The van der Waals surface area contributed by atoms with Crippen molar-refractivity contribution in [2.75, 3.05) is 48.3 Å². The number of anilines is 3. The van der Waals surface area contributed by atoms with Crippen LogP contribution in [-0.4, -0.2) is 48.2 Å². The molecule has 1 aromatic heterocycles. The summed E-state index contributed by atoms with van der Waals surface area (Å²) in [6, 6.07) is 2.06. The molecule has 6 heteroatoms. The summed E-state index contributed by atoms with van der Waals surface area (Å²) in [4.78, 5) is 11.7. The second kappa shape index (κ2) is 6.91. The van der Waals surface area contributed by atoms with Crippen LogP contribution in [0.2, 0.25) is 0 Å². The summed E-state index contributed by atoms with van der Waals surface area (Å²) in [6.07, 6.45) is 0. The van der Waals surface area contributed by atoms with Crippen LogP contribution in [0.3, 0.4) is 0 Å². The lowest BCUT2D eigenvalue weighted by Gasteiger charge is -2.30. The average Bonchev–Trinajstić information content (AvgIpc) is 2.43. The molecule has 1 saturated heterocycles. The molecule has 0 unspecified atom stereocenters. The lowest BCUT2D eigenvalue weighted by atomic mass is 9.97. The molecule has 1 aliphatic rings. The highest BCUT2D eigenvalue weighted by atomic mass is 15.3. The average molecular weight is 320 g/mol. The van der Waals surface area contributed by atoms with Gasteiger partial charge in [0.05, 0.1) is 0 Å². The van der Waals surface area contributed by atoms with E-state index in [4.69, 9.17) is 4.98 Å². The van der Waals surface area contributed by atoms with Crippen molar-refractivity contribution >= 4 is 17.6 Å². The predicted molar refractivity (Wildman–Crippen MR) is 98.4 cm³/mol. The van der Waals surface area contributed by atoms with Crippen LogP contribution in [0.15, 0.2) is 6.07 Å². The third-order valence-electron chi connectivity index (χ3n) is 3.44. The predicted octanol–water partition coefficient (Wildman–Crippen LogP) is 2.55. The fourth-order valence-electron chi connectivity index (χ4n) is 2.33. The van der Waals surface area contributed by atoms with E-state index >= 15 is 0 Å². The van der Waals surface area contributed by atoms with Crippen LogP contribution in [0.4, 0.5) is 17.6 Å². The van der Waals surface area contributed by atoms with E-state index in [0.717, 1.165) is 44.4 Å². The van der Waals surface area contributed by atoms with E-state index in [0.29, 0.717) is 5.95 Å². The fourth-order valence-corrected chi connectivity index (χ4v) is 2.33. The van der Waals surface area contributed by atoms with E-state index in [1.54, 1.807) is 0 Å². The van der Waals surface area contributed by atoms with Crippen molar-refractivity contribution in [1.82, 2.24) is 15.3 Å². The number of nitrogens with one attached hydrogen (secondary N) is 3. The Morgan fingerprint density at radius 1 is 1.09 bits per heavy atom. The molecule has 0 bridgehead atoms. The first-order chi connectivity index (χ1) is 10.6. The first kappa shape index (κ1) is 17.8. The molecule has 23 heavy (non-hydrogen) atoms. The van der Waals surface area contributed by atoms with Gasteiger partial charge in [-0.1, -0.05) is 20.8 Å². The van der Waals surface area contributed by atoms with Crippen molar-refractivity contribution in [3.8, 4) is 0 Å². The number of nitrogens with zero attached hydrogens (tertiary/aromatic N) is 3. The fraction of sp³-hybridized carbons (Fsp3) is 0.765. The molecule has 0 amide bonds. The normalized spacial score (nSPS) is 16.3. The largest absolute Gasteiger partial charge is 0.369 e. The number of piperazine rings is 1. The van der Waals surface area contributed by atoms with Gasteiger partial charge in [0, 0.05) is 44.3 Å². The van der Waals surface area contributed by atoms with Crippen molar-refractivity contribution in [2.45, 2.75) is 47.1 Å². The van der Waals surface area contributed by atoms with Crippen LogP contribution in [0.5, 0.6) is 0 Å². The third-order valence-corrected chi connectivity index (χ3v) is 3.44. The Morgan fingerprint density at radius 3 is 2.30 bits per heavy atom. The van der Waals surface area contributed by atoms with Gasteiger partial charge in [0.15, 0.2) is 0 Å². The van der Waals surface area contributed by atoms with E-state index in [9.17, 15) is 0 Å². The summed E-state index contributed by atoms with van der Waals surface area (Å²) >= 11 is 0. The standard InChI is InChI=1S/C17H32N6/c1-16(2,3)12-19-13-11-14(23-9-7-18-8-10-23)21-15(20-13)22-17(4,5)6/h11,18H,7-10,12H2,1-6H3,(H2,19,20,21,22). The maximum Gasteiger partial charge on any atom is 0.227 e. The van der Waals surface area contributed by atoms with Gasteiger partial charge in [0.25, 0.3) is 0 Å². The zero-order chi connectivity index (χ0) is 17.1. The Balaban J connectivity index is 2.23. The van der Waals surface area contributed by atoms with Gasteiger partial charge < -0.3 is 20.9 Å². The molecule has 6 nitrogen and oxygen atoms in total. The monoisotopic (exact) mass is 320 g/mol. The zero-order valence-corrected chi connectivity index (χ0v) is 15.5. The summed E-state index contributed by atoms with van der Waals surface area (Å²) in [6.45, 7) is 17.8. The molecule has 0 aromatic carbocycles. The molecule has 0 spiro atoms. The van der Waals surface area contributed by atoms with Crippen molar-refractivity contribution in [3.05, 3.63) is 6.07 Å². The summed E-state index contributed by atoms with van der Waals surface area (Å²) in [5.41, 5.74) is 0.140. The van der Waals surface area contributed by atoms with Gasteiger partial charge in [0.2, 0.25) is 5.95 Å². The topological polar surface area (TPSA) is 65.1 Å². The molecule has 1 aliphatic heterocycles. The van der Waals surface area contributed by atoms with Crippen molar-refractivity contribution in [2.24, 2.45) is 5.41 Å². The maximum absolute atomic E-state index is 4.72. The second-order valence-electron chi connectivity index (χ2n) is 8.46. The Labute approximate surface area is 140 Å². The van der Waals surface area contributed by atoms with Gasteiger partial charge >= 0.3 is 0 Å². The Morgan fingerprint density at radius 2 is 1.74 bits per heavy atom. The zero-order valence-electron chi connectivity index (χ0n) is 15.5. The summed E-state index contributed by atoms with van der Waals surface area (Å²) in [7, 11) is 0. The Hall–Kier alpha value is -1.56. The number of aromatic nitrogens is 2. The molecule has 0 atom stereocenters. The Kier molecular flexibility index (Phi) is 5.34. The van der Waals surface area contributed by atoms with Gasteiger partial charge in [-0.05, 0) is 26.2 Å². The van der Waals surface area contributed by atoms with Gasteiger partial charge in [-0.2, -0.15) is 9.97 Å². The highest BCUT2D eigenvalue weighted by molar-refractivity contribution is 5.54. The summed E-state index contributed by atoms with van der Waals surface area (Å²) in [5.74, 6) is 2.56. The number of rotatable bonds is 4. The first-order valence-electron chi connectivity index (χ1n) is 8.49. The van der Waals surface area contributed by atoms with E-state index in [-0.39, 0.29) is 11.0 Å². The summed E-state index contributed by atoms with van der Waals surface area (Å²) in [5, 5.41) is 10.2. The molecular formula is C17H32N6. The van der Waals surface area contributed by atoms with E-state index in [1.165, 1.54) is 0 Å². The van der Waals surface area contributed by atoms with E-state index in [2.05, 4.69) is 73.4 Å². The van der Waals surface area contributed by atoms with Crippen molar-refractivity contribution < 1.29 is 0 Å². The van der Waals surface area contributed by atoms with Crippen LogP contribution < -0.4 is 20.9 Å². The lowest BCUT2D eigenvalue weighted by molar-refractivity contribution is 0.442. The second-order valence-corrected chi connectivity index (χ2v) is 8.46. The lowest BCUT2D eigenvalue weighted by Crippen LogP contribution is -2.44. The van der Waals surface area contributed by atoms with Crippen LogP contribution in [-0.2, 0) is 0 Å². The van der Waals surface area contributed by atoms with Gasteiger partial charge in [-0.3, -0.25) is 0 Å². The maximum atomic E-state index is 4.72. The summed E-state index contributed by atoms with van der Waals surface area (Å²) < 4.78 is 0. The van der Waals surface area contributed by atoms with Gasteiger partial charge in [0.1, 0.15) is 11.6 Å². The van der Waals surface area contributed by atoms with E-state index < -0.39 is 0 Å². The van der Waals surface area contributed by atoms with Crippen LogP contribution >= 0.6 is 0 Å². The molecule has 1 aromatic rings. The van der Waals surface area contributed by atoms with Crippen molar-refractivity contribution in [3.63, 3.8) is 0 Å². The quantitative estimate of drug-likeness (QED) is 0.792. The first-order valence-corrected chi connectivity index (χ1v) is 8.49. The van der Waals surface area contributed by atoms with Crippen molar-refractivity contribution in [1.29, 1.82) is 0 Å². The molecule has 2 heterocycles. The molecule has 0 aliphatic carbocycles. The Bertz CT molecular complexity index is 509. The molecule has 3 N–H and O–H groups in total. The highest BCUT2D eigenvalue weighted by Crippen LogP contribution is 2.22. The number of hydrogen-bond acceptors (Lipinski definition) is 6. The van der Waals surface area contributed by atoms with Gasteiger partial charge in [-0.15, -0.1) is 0 Å². The van der Waals surface area contributed by atoms with Gasteiger partial charge in [-0.25, -0.2) is 0 Å². The SMILES string of the molecule is CC(C)(C)CNc1cc(N2CCNCC2)nc(NC(C)(C)C)n1. The molecule has 0 radical (unpaired) electrons. The minimum atomic E-state index is -0.0661. The molecule has 130 valence electrons. The molecule has 0 saturated carbocycles.